The zero-order valence-electron chi connectivity index (χ0n) is 7.80. The first-order chi connectivity index (χ1) is 6.00. The summed E-state index contributed by atoms with van der Waals surface area (Å²) in [6.45, 7) is 6.14. The van der Waals surface area contributed by atoms with Crippen molar-refractivity contribution in [3.05, 3.63) is 12.7 Å². The summed E-state index contributed by atoms with van der Waals surface area (Å²) >= 11 is 0. The number of hydrogen-bond acceptors (Lipinski definition) is 4. The number of aliphatic hydroxyl groups is 2. The summed E-state index contributed by atoms with van der Waals surface area (Å²) in [5.74, 6) is 0. The van der Waals surface area contributed by atoms with Gasteiger partial charge in [-0.15, -0.1) is 0 Å². The molecule has 5 heteroatoms. The van der Waals surface area contributed by atoms with Gasteiger partial charge in [-0.05, 0) is 13.8 Å². The molecule has 0 bridgehead atoms. The smallest absolute Gasteiger partial charge is 0.414 e. The number of carbonyl (C=O) groups excluding carboxylic acids is 1. The Morgan fingerprint density at radius 1 is 1.54 bits per heavy atom. The second kappa shape index (κ2) is 5.55. The Morgan fingerprint density at radius 3 is 2.31 bits per heavy atom. The van der Waals surface area contributed by atoms with E-state index in [1.807, 2.05) is 0 Å². The average molecular weight is 189 g/mol. The van der Waals surface area contributed by atoms with Crippen LogP contribution in [0.15, 0.2) is 12.7 Å². The maximum atomic E-state index is 11.1. The minimum atomic E-state index is -1.09. The van der Waals surface area contributed by atoms with Crippen molar-refractivity contribution in [2.75, 3.05) is 6.61 Å². The minimum absolute atomic E-state index is 0.0504. The average Bonchev–Trinajstić information content (AvgIpc) is 1.99. The molecule has 5 nitrogen and oxygen atoms in total. The molecule has 0 saturated carbocycles. The fraction of sp³-hybridized carbons (Fsp3) is 0.625. The molecule has 0 aromatic carbocycles. The van der Waals surface area contributed by atoms with Crippen LogP contribution in [0.2, 0.25) is 0 Å². The number of aliphatic hydroxyl groups excluding tert-OH is 2. The van der Waals surface area contributed by atoms with E-state index >= 15 is 0 Å². The van der Waals surface area contributed by atoms with Gasteiger partial charge in [-0.2, -0.15) is 0 Å². The number of rotatable bonds is 4. The van der Waals surface area contributed by atoms with Crippen LogP contribution in [0.1, 0.15) is 13.8 Å². The molecular weight excluding hydrogens is 174 g/mol. The van der Waals surface area contributed by atoms with E-state index < -0.39 is 18.5 Å². The van der Waals surface area contributed by atoms with E-state index in [9.17, 15) is 4.79 Å². The van der Waals surface area contributed by atoms with E-state index in [-0.39, 0.29) is 6.61 Å². The highest BCUT2D eigenvalue weighted by Crippen LogP contribution is 2.03. The SMILES string of the molecule is C=CCOC(=O)N(C(C)O)C(C)O. The van der Waals surface area contributed by atoms with Crippen LogP contribution >= 0.6 is 0 Å². The first-order valence-corrected chi connectivity index (χ1v) is 3.92. The van der Waals surface area contributed by atoms with E-state index in [1.165, 1.54) is 19.9 Å². The molecule has 76 valence electrons. The zero-order valence-corrected chi connectivity index (χ0v) is 7.80. The van der Waals surface area contributed by atoms with Gasteiger partial charge in [0, 0.05) is 0 Å². The van der Waals surface area contributed by atoms with Crippen LogP contribution in [0.5, 0.6) is 0 Å². The highest BCUT2D eigenvalue weighted by atomic mass is 16.6. The standard InChI is InChI=1S/C8H15NO4/c1-4-5-13-8(12)9(6(2)10)7(3)11/h4,6-7,10-11H,1,5H2,2-3H3. The molecule has 2 unspecified atom stereocenters. The van der Waals surface area contributed by atoms with Crippen molar-refractivity contribution in [2.45, 2.75) is 26.3 Å². The van der Waals surface area contributed by atoms with Crippen molar-refractivity contribution in [1.82, 2.24) is 4.90 Å². The zero-order chi connectivity index (χ0) is 10.4. The van der Waals surface area contributed by atoms with Crippen molar-refractivity contribution in [3.8, 4) is 0 Å². The molecule has 0 spiro atoms. The second-order valence-electron chi connectivity index (χ2n) is 2.54. The van der Waals surface area contributed by atoms with Gasteiger partial charge in [-0.1, -0.05) is 12.7 Å². The van der Waals surface area contributed by atoms with Crippen LogP contribution < -0.4 is 0 Å². The van der Waals surface area contributed by atoms with Crippen molar-refractivity contribution in [1.29, 1.82) is 0 Å². The summed E-state index contributed by atoms with van der Waals surface area (Å²) in [5.41, 5.74) is 0. The van der Waals surface area contributed by atoms with Crippen molar-refractivity contribution < 1.29 is 19.7 Å². The molecule has 0 radical (unpaired) electrons. The number of amides is 1. The highest BCUT2D eigenvalue weighted by Gasteiger charge is 2.23. The van der Waals surface area contributed by atoms with Crippen LogP contribution in [0.4, 0.5) is 4.79 Å². The topological polar surface area (TPSA) is 70.0 Å². The van der Waals surface area contributed by atoms with Crippen LogP contribution in [-0.2, 0) is 4.74 Å². The van der Waals surface area contributed by atoms with Crippen LogP contribution in [0.3, 0.4) is 0 Å². The Bertz CT molecular complexity index is 171. The molecule has 0 aromatic rings. The van der Waals surface area contributed by atoms with Crippen molar-refractivity contribution in [2.24, 2.45) is 0 Å². The highest BCUT2D eigenvalue weighted by molar-refractivity contribution is 5.68. The maximum absolute atomic E-state index is 11.1. The van der Waals surface area contributed by atoms with Crippen molar-refractivity contribution in [3.63, 3.8) is 0 Å². The first-order valence-electron chi connectivity index (χ1n) is 3.92. The minimum Gasteiger partial charge on any atom is -0.445 e. The summed E-state index contributed by atoms with van der Waals surface area (Å²) in [6, 6.07) is 0. The molecular formula is C8H15NO4. The van der Waals surface area contributed by atoms with Crippen LogP contribution in [-0.4, -0.2) is 40.3 Å². The molecule has 2 atom stereocenters. The van der Waals surface area contributed by atoms with Crippen LogP contribution in [0, 0.1) is 0 Å². The van der Waals surface area contributed by atoms with Gasteiger partial charge in [0.2, 0.25) is 0 Å². The molecule has 0 rings (SSSR count). The van der Waals surface area contributed by atoms with Gasteiger partial charge in [-0.25, -0.2) is 4.79 Å². The largest absolute Gasteiger partial charge is 0.445 e. The Morgan fingerprint density at radius 2 is 2.00 bits per heavy atom. The molecule has 0 aliphatic heterocycles. The molecule has 0 aliphatic carbocycles. The lowest BCUT2D eigenvalue weighted by molar-refractivity contribution is -0.0705. The predicted octanol–water partition coefficient (Wildman–Crippen LogP) is 0.288. The van der Waals surface area contributed by atoms with Gasteiger partial charge < -0.3 is 14.9 Å². The summed E-state index contributed by atoms with van der Waals surface area (Å²) in [6.07, 6.45) is -1.54. The molecule has 2 N–H and O–H groups in total. The second-order valence-corrected chi connectivity index (χ2v) is 2.54. The molecule has 0 aromatic heterocycles. The Hall–Kier alpha value is -1.07. The Labute approximate surface area is 77.2 Å². The Balaban J connectivity index is 4.20. The lowest BCUT2D eigenvalue weighted by Crippen LogP contribution is -2.44. The van der Waals surface area contributed by atoms with Crippen LogP contribution in [0.25, 0.3) is 0 Å². The molecule has 0 heterocycles. The Kier molecular flexibility index (Phi) is 5.10. The van der Waals surface area contributed by atoms with Crippen molar-refractivity contribution >= 4 is 6.09 Å². The van der Waals surface area contributed by atoms with Gasteiger partial charge in [0.05, 0.1) is 0 Å². The van der Waals surface area contributed by atoms with E-state index in [1.54, 1.807) is 0 Å². The molecule has 0 saturated heterocycles. The molecule has 1 amide bonds. The van der Waals surface area contributed by atoms with Gasteiger partial charge in [0.15, 0.2) is 0 Å². The number of nitrogens with zero attached hydrogens (tertiary/aromatic N) is 1. The van der Waals surface area contributed by atoms with E-state index in [0.717, 1.165) is 4.90 Å². The third-order valence-electron chi connectivity index (χ3n) is 1.34. The van der Waals surface area contributed by atoms with Gasteiger partial charge in [0.1, 0.15) is 19.1 Å². The summed E-state index contributed by atoms with van der Waals surface area (Å²) < 4.78 is 4.62. The maximum Gasteiger partial charge on any atom is 0.414 e. The molecule has 0 fully saturated rings. The fourth-order valence-corrected chi connectivity index (χ4v) is 0.822. The third-order valence-corrected chi connectivity index (χ3v) is 1.34. The number of ether oxygens (including phenoxy) is 1. The summed E-state index contributed by atoms with van der Waals surface area (Å²) in [4.78, 5) is 11.9. The van der Waals surface area contributed by atoms with E-state index in [4.69, 9.17) is 10.2 Å². The lowest BCUT2D eigenvalue weighted by Gasteiger charge is -2.26. The normalized spacial score (nSPS) is 14.5. The summed E-state index contributed by atoms with van der Waals surface area (Å²) in [7, 11) is 0. The lowest BCUT2D eigenvalue weighted by atomic mass is 10.5. The number of carbonyl (C=O) groups is 1. The third kappa shape index (κ3) is 3.91. The van der Waals surface area contributed by atoms with Gasteiger partial charge >= 0.3 is 6.09 Å². The summed E-state index contributed by atoms with van der Waals surface area (Å²) in [5, 5.41) is 18.2. The van der Waals surface area contributed by atoms with Gasteiger partial charge in [-0.3, -0.25) is 4.90 Å². The molecule has 13 heavy (non-hydrogen) atoms. The predicted molar refractivity (Wildman–Crippen MR) is 46.7 cm³/mol. The first kappa shape index (κ1) is 11.9. The van der Waals surface area contributed by atoms with E-state index in [2.05, 4.69) is 11.3 Å². The number of hydrogen-bond donors (Lipinski definition) is 2. The van der Waals surface area contributed by atoms with Gasteiger partial charge in [0.25, 0.3) is 0 Å². The fourth-order valence-electron chi connectivity index (χ4n) is 0.822. The molecule has 0 aliphatic rings. The van der Waals surface area contributed by atoms with E-state index in [0.29, 0.717) is 0 Å². The monoisotopic (exact) mass is 189 g/mol. The quantitative estimate of drug-likeness (QED) is 0.492.